The van der Waals surface area contributed by atoms with Gasteiger partial charge >= 0.3 is 6.18 Å². The molecular formula is C27H30F3N5O3. The van der Waals surface area contributed by atoms with E-state index < -0.39 is 17.6 Å². The molecule has 0 radical (unpaired) electrons. The zero-order valence-corrected chi connectivity index (χ0v) is 21.2. The van der Waals surface area contributed by atoms with Crippen molar-refractivity contribution >= 4 is 28.8 Å². The number of carbonyl (C=O) groups is 2. The highest BCUT2D eigenvalue weighted by Gasteiger charge is 2.31. The van der Waals surface area contributed by atoms with Gasteiger partial charge in [0.2, 0.25) is 11.9 Å². The van der Waals surface area contributed by atoms with Crippen LogP contribution in [-0.2, 0) is 17.6 Å². The highest BCUT2D eigenvalue weighted by atomic mass is 19.4. The average molecular weight is 530 g/mol. The van der Waals surface area contributed by atoms with Crippen molar-refractivity contribution in [3.63, 3.8) is 0 Å². The number of alkyl halides is 3. The van der Waals surface area contributed by atoms with Gasteiger partial charge in [0, 0.05) is 31.3 Å². The van der Waals surface area contributed by atoms with Crippen molar-refractivity contribution in [2.45, 2.75) is 31.7 Å². The molecule has 1 unspecified atom stereocenters. The fourth-order valence-electron chi connectivity index (χ4n) is 4.55. The van der Waals surface area contributed by atoms with Crippen molar-refractivity contribution in [1.82, 2.24) is 19.4 Å². The molecule has 4 rings (SSSR count). The van der Waals surface area contributed by atoms with Gasteiger partial charge < -0.3 is 19.5 Å². The summed E-state index contributed by atoms with van der Waals surface area (Å²) in [6.45, 7) is 1.41. The molecule has 38 heavy (non-hydrogen) atoms. The Kier molecular flexibility index (Phi) is 8.17. The Bertz CT molecular complexity index is 1350. The zero-order chi connectivity index (χ0) is 27.4. The lowest BCUT2D eigenvalue weighted by molar-refractivity contribution is -0.137. The number of amides is 2. The molecule has 3 aromatic rings. The summed E-state index contributed by atoms with van der Waals surface area (Å²) in [7, 11) is 3.82. The van der Waals surface area contributed by atoms with E-state index in [0.717, 1.165) is 18.6 Å². The summed E-state index contributed by atoms with van der Waals surface area (Å²) in [6.07, 6.45) is 0.218. The van der Waals surface area contributed by atoms with E-state index in [9.17, 15) is 27.9 Å². The predicted octanol–water partition coefficient (Wildman–Crippen LogP) is 4.08. The molecule has 8 nitrogen and oxygen atoms in total. The van der Waals surface area contributed by atoms with Crippen LogP contribution in [0.2, 0.25) is 0 Å². The van der Waals surface area contributed by atoms with Crippen LogP contribution in [-0.4, -0.2) is 70.0 Å². The Hall–Kier alpha value is -3.70. The summed E-state index contributed by atoms with van der Waals surface area (Å²) < 4.78 is 41.4. The maximum absolute atomic E-state index is 13.2. The van der Waals surface area contributed by atoms with Gasteiger partial charge in [-0.2, -0.15) is 13.2 Å². The van der Waals surface area contributed by atoms with E-state index in [4.69, 9.17) is 0 Å². The van der Waals surface area contributed by atoms with Gasteiger partial charge in [0.15, 0.2) is 0 Å². The Morgan fingerprint density at radius 1 is 1.21 bits per heavy atom. The number of likely N-dealkylation sites (N-methyl/N-ethyl adjacent to an activating group) is 1. The summed E-state index contributed by atoms with van der Waals surface area (Å²) >= 11 is 0. The minimum absolute atomic E-state index is 0.113. The quantitative estimate of drug-likeness (QED) is 0.450. The number of imidazole rings is 1. The first-order valence-electron chi connectivity index (χ1n) is 12.3. The number of likely N-dealkylation sites (tertiary alicyclic amines) is 1. The molecule has 2 amide bonds. The standard InChI is InChI=1S/C27H30F3N5O3/c1-33(2)12-5-9-24(37)34-13-4-8-21(16-34)35-23-11-10-18(17-36)14-22(23)31-26(35)32-25(38)19-6-3-7-20(15-19)27(28,29)30/h3,5-7,9-11,14-15,21,36H,4,8,12-13,16-17H2,1-2H3,(H,31,32,38). The van der Waals surface area contributed by atoms with E-state index in [1.165, 1.54) is 12.1 Å². The minimum Gasteiger partial charge on any atom is -0.392 e. The lowest BCUT2D eigenvalue weighted by atomic mass is 10.0. The second kappa shape index (κ2) is 11.4. The molecule has 202 valence electrons. The lowest BCUT2D eigenvalue weighted by Crippen LogP contribution is -2.40. The SMILES string of the molecule is CN(C)CC=CC(=O)N1CCCC(n2c(NC(=O)c3cccc(C(F)(F)F)c3)nc3cc(CO)ccc32)C1. The molecule has 2 N–H and O–H groups in total. The molecular weight excluding hydrogens is 499 g/mol. The van der Waals surface area contributed by atoms with Crippen molar-refractivity contribution < 1.29 is 27.9 Å². The lowest BCUT2D eigenvalue weighted by Gasteiger charge is -2.34. The number of nitrogens with zero attached hydrogens (tertiary/aromatic N) is 4. The van der Waals surface area contributed by atoms with E-state index >= 15 is 0 Å². The van der Waals surface area contributed by atoms with E-state index in [2.05, 4.69) is 10.3 Å². The van der Waals surface area contributed by atoms with Crippen molar-refractivity contribution in [1.29, 1.82) is 0 Å². The smallest absolute Gasteiger partial charge is 0.392 e. The number of fused-ring (bicyclic) bond motifs is 1. The third-order valence-electron chi connectivity index (χ3n) is 6.42. The average Bonchev–Trinajstić information content (AvgIpc) is 3.24. The summed E-state index contributed by atoms with van der Waals surface area (Å²) in [4.78, 5) is 34.1. The van der Waals surface area contributed by atoms with Crippen LogP contribution >= 0.6 is 0 Å². The van der Waals surface area contributed by atoms with Crippen LogP contribution in [0.1, 0.15) is 40.4 Å². The van der Waals surface area contributed by atoms with E-state index in [0.29, 0.717) is 42.7 Å². The van der Waals surface area contributed by atoms with E-state index in [1.54, 1.807) is 35.3 Å². The number of piperidine rings is 1. The van der Waals surface area contributed by atoms with Gasteiger partial charge in [0.25, 0.3) is 5.91 Å². The largest absolute Gasteiger partial charge is 0.416 e. The van der Waals surface area contributed by atoms with Crippen LogP contribution in [0.25, 0.3) is 11.0 Å². The van der Waals surface area contributed by atoms with Gasteiger partial charge in [0.1, 0.15) is 0 Å². The predicted molar refractivity (Wildman–Crippen MR) is 138 cm³/mol. The Morgan fingerprint density at radius 3 is 2.71 bits per heavy atom. The molecule has 2 heterocycles. The number of rotatable bonds is 7. The molecule has 0 aliphatic carbocycles. The summed E-state index contributed by atoms with van der Waals surface area (Å²) in [6, 6.07) is 9.19. The molecule has 0 bridgehead atoms. The fourth-order valence-corrected chi connectivity index (χ4v) is 4.55. The highest BCUT2D eigenvalue weighted by molar-refractivity contribution is 6.04. The number of hydrogen-bond acceptors (Lipinski definition) is 5. The Labute approximate surface area is 218 Å². The van der Waals surface area contributed by atoms with Gasteiger partial charge in [-0.3, -0.25) is 14.9 Å². The fraction of sp³-hybridized carbons (Fsp3) is 0.370. The number of anilines is 1. The number of aliphatic hydroxyl groups is 1. The molecule has 1 aromatic heterocycles. The van der Waals surface area contributed by atoms with Crippen LogP contribution in [0.15, 0.2) is 54.6 Å². The normalized spacial score (nSPS) is 16.5. The van der Waals surface area contributed by atoms with Crippen LogP contribution in [0, 0.1) is 0 Å². The monoisotopic (exact) mass is 529 g/mol. The molecule has 1 atom stereocenters. The molecule has 1 fully saturated rings. The van der Waals surface area contributed by atoms with Gasteiger partial charge in [-0.05, 0) is 62.8 Å². The topological polar surface area (TPSA) is 90.7 Å². The van der Waals surface area contributed by atoms with Crippen molar-refractivity contribution in [3.05, 3.63) is 71.3 Å². The second-order valence-electron chi connectivity index (χ2n) is 9.56. The van der Waals surface area contributed by atoms with Crippen molar-refractivity contribution in [2.24, 2.45) is 0 Å². The molecule has 1 saturated heterocycles. The number of carbonyl (C=O) groups excluding carboxylic acids is 2. The van der Waals surface area contributed by atoms with Crippen molar-refractivity contribution in [2.75, 3.05) is 39.0 Å². The minimum atomic E-state index is -4.58. The second-order valence-corrected chi connectivity index (χ2v) is 9.56. The summed E-state index contributed by atoms with van der Waals surface area (Å²) in [5, 5.41) is 12.2. The molecule has 1 aliphatic heterocycles. The third-order valence-corrected chi connectivity index (χ3v) is 6.42. The van der Waals surface area contributed by atoms with E-state index in [-0.39, 0.29) is 30.1 Å². The Morgan fingerprint density at radius 2 is 2.00 bits per heavy atom. The Balaban J connectivity index is 1.66. The van der Waals surface area contributed by atoms with Gasteiger partial charge in [0.05, 0.1) is 29.2 Å². The zero-order valence-electron chi connectivity index (χ0n) is 21.2. The van der Waals surface area contributed by atoms with Crippen LogP contribution in [0.4, 0.5) is 19.1 Å². The first kappa shape index (κ1) is 27.3. The number of aliphatic hydroxyl groups excluding tert-OH is 1. The molecule has 11 heteroatoms. The maximum atomic E-state index is 13.2. The van der Waals surface area contributed by atoms with E-state index in [1.807, 2.05) is 23.6 Å². The summed E-state index contributed by atoms with van der Waals surface area (Å²) in [5.41, 5.74) is 0.759. The number of halogens is 3. The molecule has 1 aliphatic rings. The van der Waals surface area contributed by atoms with Crippen molar-refractivity contribution in [3.8, 4) is 0 Å². The highest BCUT2D eigenvalue weighted by Crippen LogP contribution is 2.32. The van der Waals surface area contributed by atoms with Crippen LogP contribution in [0.3, 0.4) is 0 Å². The first-order valence-corrected chi connectivity index (χ1v) is 12.3. The summed E-state index contributed by atoms with van der Waals surface area (Å²) in [5.74, 6) is -0.677. The first-order chi connectivity index (χ1) is 18.1. The maximum Gasteiger partial charge on any atom is 0.416 e. The molecule has 0 spiro atoms. The van der Waals surface area contributed by atoms with Crippen LogP contribution in [0.5, 0.6) is 0 Å². The van der Waals surface area contributed by atoms with Crippen LogP contribution < -0.4 is 5.32 Å². The number of hydrogen-bond donors (Lipinski definition) is 2. The van der Waals surface area contributed by atoms with Gasteiger partial charge in [-0.25, -0.2) is 4.98 Å². The number of benzene rings is 2. The molecule has 0 saturated carbocycles. The van der Waals surface area contributed by atoms with Gasteiger partial charge in [-0.15, -0.1) is 0 Å². The number of nitrogens with one attached hydrogen (secondary N) is 1. The van der Waals surface area contributed by atoms with Gasteiger partial charge in [-0.1, -0.05) is 18.2 Å². The number of aromatic nitrogens is 2. The molecule has 2 aromatic carbocycles. The third kappa shape index (κ3) is 6.22.